The minimum Gasteiger partial charge on any atom is -0.381 e. The van der Waals surface area contributed by atoms with Crippen LogP contribution < -0.4 is 5.32 Å². The van der Waals surface area contributed by atoms with Gasteiger partial charge in [0.25, 0.3) is 0 Å². The number of ether oxygens (including phenoxy) is 1. The Morgan fingerprint density at radius 3 is 2.88 bits per heavy atom. The SMILES string of the molecule is CNC(Cc1csc(C)n1)C1CCOCC1. The maximum absolute atomic E-state index is 5.41. The summed E-state index contributed by atoms with van der Waals surface area (Å²) in [5.41, 5.74) is 1.23. The van der Waals surface area contributed by atoms with E-state index in [-0.39, 0.29) is 0 Å². The molecule has 1 atom stereocenters. The van der Waals surface area contributed by atoms with E-state index in [0.29, 0.717) is 6.04 Å². The Kier molecular flexibility index (Phi) is 4.32. The first-order chi connectivity index (χ1) is 7.79. The van der Waals surface area contributed by atoms with Crippen molar-refractivity contribution in [1.29, 1.82) is 0 Å². The molecule has 16 heavy (non-hydrogen) atoms. The summed E-state index contributed by atoms with van der Waals surface area (Å²) in [6, 6.07) is 0.547. The fourth-order valence-corrected chi connectivity index (χ4v) is 2.98. The number of aryl methyl sites for hydroxylation is 1. The van der Waals surface area contributed by atoms with Crippen molar-refractivity contribution < 1.29 is 4.74 Å². The second-order valence-electron chi connectivity index (χ2n) is 4.41. The molecule has 0 saturated carbocycles. The van der Waals surface area contributed by atoms with Gasteiger partial charge in [-0.25, -0.2) is 4.98 Å². The van der Waals surface area contributed by atoms with E-state index in [1.165, 1.54) is 18.5 Å². The monoisotopic (exact) mass is 240 g/mol. The summed E-state index contributed by atoms with van der Waals surface area (Å²) in [5.74, 6) is 0.737. The first-order valence-electron chi connectivity index (χ1n) is 5.95. The number of nitrogens with zero attached hydrogens (tertiary/aromatic N) is 1. The summed E-state index contributed by atoms with van der Waals surface area (Å²) >= 11 is 1.74. The van der Waals surface area contributed by atoms with E-state index in [1.54, 1.807) is 11.3 Å². The second kappa shape index (κ2) is 5.75. The maximum atomic E-state index is 5.41. The molecule has 0 aromatic carbocycles. The lowest BCUT2D eigenvalue weighted by Crippen LogP contribution is -2.38. The molecule has 1 fully saturated rings. The highest BCUT2D eigenvalue weighted by atomic mass is 32.1. The molecule has 2 rings (SSSR count). The molecule has 0 radical (unpaired) electrons. The number of thiazole rings is 1. The summed E-state index contributed by atoms with van der Waals surface area (Å²) in [5, 5.41) is 6.78. The molecule has 4 heteroatoms. The third-order valence-corrected chi connectivity index (χ3v) is 4.12. The average Bonchev–Trinajstić information content (AvgIpc) is 2.73. The number of rotatable bonds is 4. The van der Waals surface area contributed by atoms with Crippen LogP contribution in [0.3, 0.4) is 0 Å². The normalized spacial score (nSPS) is 19.9. The second-order valence-corrected chi connectivity index (χ2v) is 5.47. The van der Waals surface area contributed by atoms with Gasteiger partial charge in [-0.2, -0.15) is 0 Å². The van der Waals surface area contributed by atoms with E-state index in [4.69, 9.17) is 4.74 Å². The van der Waals surface area contributed by atoms with Crippen molar-refractivity contribution >= 4 is 11.3 Å². The zero-order valence-electron chi connectivity index (χ0n) is 10.0. The first-order valence-corrected chi connectivity index (χ1v) is 6.83. The third kappa shape index (κ3) is 3.03. The summed E-state index contributed by atoms with van der Waals surface area (Å²) in [4.78, 5) is 4.54. The van der Waals surface area contributed by atoms with Crippen molar-refractivity contribution in [2.75, 3.05) is 20.3 Å². The highest BCUT2D eigenvalue weighted by molar-refractivity contribution is 7.09. The number of likely N-dealkylation sites (N-methyl/N-ethyl adjacent to an activating group) is 1. The van der Waals surface area contributed by atoms with E-state index in [9.17, 15) is 0 Å². The van der Waals surface area contributed by atoms with Gasteiger partial charge in [-0.15, -0.1) is 11.3 Å². The lowest BCUT2D eigenvalue weighted by molar-refractivity contribution is 0.0546. The predicted octanol–water partition coefficient (Wildman–Crippen LogP) is 2.01. The van der Waals surface area contributed by atoms with Crippen LogP contribution in [-0.4, -0.2) is 31.3 Å². The highest BCUT2D eigenvalue weighted by Crippen LogP contribution is 2.22. The van der Waals surface area contributed by atoms with Gasteiger partial charge >= 0.3 is 0 Å². The molecule has 3 nitrogen and oxygen atoms in total. The molecule has 1 unspecified atom stereocenters. The van der Waals surface area contributed by atoms with Gasteiger partial charge in [0.05, 0.1) is 10.7 Å². The average molecular weight is 240 g/mol. The minimum atomic E-state index is 0.547. The molecule has 0 spiro atoms. The van der Waals surface area contributed by atoms with Gasteiger partial charge in [-0.3, -0.25) is 0 Å². The maximum Gasteiger partial charge on any atom is 0.0897 e. The van der Waals surface area contributed by atoms with E-state index in [0.717, 1.165) is 30.6 Å². The summed E-state index contributed by atoms with van der Waals surface area (Å²) in [7, 11) is 2.05. The Bertz CT molecular complexity index is 321. The van der Waals surface area contributed by atoms with Gasteiger partial charge < -0.3 is 10.1 Å². The van der Waals surface area contributed by atoms with Crippen LogP contribution >= 0.6 is 11.3 Å². The van der Waals surface area contributed by atoms with Crippen molar-refractivity contribution in [1.82, 2.24) is 10.3 Å². The molecule has 90 valence electrons. The quantitative estimate of drug-likeness (QED) is 0.874. The van der Waals surface area contributed by atoms with Crippen molar-refractivity contribution in [3.63, 3.8) is 0 Å². The Morgan fingerprint density at radius 1 is 1.56 bits per heavy atom. The van der Waals surface area contributed by atoms with Crippen LogP contribution in [0.5, 0.6) is 0 Å². The molecular formula is C12H20N2OS. The predicted molar refractivity (Wildman–Crippen MR) is 66.9 cm³/mol. The first kappa shape index (κ1) is 12.0. The van der Waals surface area contributed by atoms with Crippen molar-refractivity contribution in [3.8, 4) is 0 Å². The smallest absolute Gasteiger partial charge is 0.0897 e. The standard InChI is InChI=1S/C12H20N2OS/c1-9-14-11(8-16-9)7-12(13-2)10-3-5-15-6-4-10/h8,10,12-13H,3-7H2,1-2H3. The number of hydrogen-bond acceptors (Lipinski definition) is 4. The number of nitrogens with one attached hydrogen (secondary N) is 1. The summed E-state index contributed by atoms with van der Waals surface area (Å²) in [6.45, 7) is 3.90. The molecule has 0 aliphatic carbocycles. The van der Waals surface area contributed by atoms with E-state index >= 15 is 0 Å². The zero-order chi connectivity index (χ0) is 11.4. The highest BCUT2D eigenvalue weighted by Gasteiger charge is 2.23. The van der Waals surface area contributed by atoms with Gasteiger partial charge in [0, 0.05) is 31.1 Å². The van der Waals surface area contributed by atoms with Crippen LogP contribution in [0.15, 0.2) is 5.38 Å². The molecular weight excluding hydrogens is 220 g/mol. The molecule has 1 saturated heterocycles. The van der Waals surface area contributed by atoms with Crippen LogP contribution in [0.4, 0.5) is 0 Å². The molecule has 1 aliphatic rings. The van der Waals surface area contributed by atoms with Gasteiger partial charge in [0.1, 0.15) is 0 Å². The Hall–Kier alpha value is -0.450. The Labute approximate surface area is 101 Å². The van der Waals surface area contributed by atoms with Crippen LogP contribution in [-0.2, 0) is 11.2 Å². The lowest BCUT2D eigenvalue weighted by atomic mass is 9.89. The molecule has 1 aromatic rings. The summed E-state index contributed by atoms with van der Waals surface area (Å²) in [6.07, 6.45) is 3.40. The van der Waals surface area contributed by atoms with Crippen LogP contribution in [0.25, 0.3) is 0 Å². The molecule has 0 amide bonds. The topological polar surface area (TPSA) is 34.2 Å². The molecule has 1 aliphatic heterocycles. The van der Waals surface area contributed by atoms with Gasteiger partial charge in [-0.1, -0.05) is 0 Å². The zero-order valence-corrected chi connectivity index (χ0v) is 10.8. The fourth-order valence-electron chi connectivity index (χ4n) is 2.35. The molecule has 0 bridgehead atoms. The van der Waals surface area contributed by atoms with Crippen LogP contribution in [0.2, 0.25) is 0 Å². The molecule has 2 heterocycles. The van der Waals surface area contributed by atoms with E-state index in [1.807, 2.05) is 0 Å². The number of aromatic nitrogens is 1. The minimum absolute atomic E-state index is 0.547. The fraction of sp³-hybridized carbons (Fsp3) is 0.750. The Balaban J connectivity index is 1.94. The summed E-state index contributed by atoms with van der Waals surface area (Å²) < 4.78 is 5.41. The Morgan fingerprint density at radius 2 is 2.31 bits per heavy atom. The van der Waals surface area contributed by atoms with Crippen LogP contribution in [0.1, 0.15) is 23.5 Å². The van der Waals surface area contributed by atoms with Crippen molar-refractivity contribution in [2.45, 2.75) is 32.2 Å². The van der Waals surface area contributed by atoms with Crippen LogP contribution in [0, 0.1) is 12.8 Å². The van der Waals surface area contributed by atoms with Gasteiger partial charge in [-0.05, 0) is 32.7 Å². The third-order valence-electron chi connectivity index (χ3n) is 3.30. The van der Waals surface area contributed by atoms with Crippen molar-refractivity contribution in [2.24, 2.45) is 5.92 Å². The largest absolute Gasteiger partial charge is 0.381 e. The van der Waals surface area contributed by atoms with E-state index < -0.39 is 0 Å². The van der Waals surface area contributed by atoms with Crippen molar-refractivity contribution in [3.05, 3.63) is 16.1 Å². The lowest BCUT2D eigenvalue weighted by Gasteiger charge is -2.29. The molecule has 1 aromatic heterocycles. The van der Waals surface area contributed by atoms with E-state index in [2.05, 4.69) is 29.7 Å². The molecule has 1 N–H and O–H groups in total. The number of hydrogen-bond donors (Lipinski definition) is 1. The van der Waals surface area contributed by atoms with Gasteiger partial charge in [0.2, 0.25) is 0 Å². The van der Waals surface area contributed by atoms with Gasteiger partial charge in [0.15, 0.2) is 0 Å².